The van der Waals surface area contributed by atoms with Gasteiger partial charge in [-0.05, 0) is 60.0 Å². The van der Waals surface area contributed by atoms with E-state index in [0.29, 0.717) is 10.7 Å². The predicted octanol–water partition coefficient (Wildman–Crippen LogP) is 4.58. The first-order valence-electron chi connectivity index (χ1n) is 9.89. The normalized spacial score (nSPS) is 22.2. The molecule has 2 atom stereocenters. The lowest BCUT2D eigenvalue weighted by molar-refractivity contribution is -0.156. The highest BCUT2D eigenvalue weighted by molar-refractivity contribution is 9.10. The van der Waals surface area contributed by atoms with Gasteiger partial charge < -0.3 is 4.74 Å². The Kier molecular flexibility index (Phi) is 7.21. The summed E-state index contributed by atoms with van der Waals surface area (Å²) in [6, 6.07) is 5.68. The van der Waals surface area contributed by atoms with E-state index < -0.39 is 49.9 Å². The van der Waals surface area contributed by atoms with E-state index in [0.717, 1.165) is 16.4 Å². The fourth-order valence-corrected chi connectivity index (χ4v) is 6.45. The van der Waals surface area contributed by atoms with Crippen molar-refractivity contribution in [1.82, 2.24) is 9.29 Å². The van der Waals surface area contributed by atoms with Crippen molar-refractivity contribution in [2.24, 2.45) is 5.41 Å². The summed E-state index contributed by atoms with van der Waals surface area (Å²) in [5, 5.41) is 0. The number of methoxy groups -OCH3 is 1. The lowest BCUT2D eigenvalue weighted by Crippen LogP contribution is -2.52. The van der Waals surface area contributed by atoms with Crippen LogP contribution in [0.2, 0.25) is 0 Å². The van der Waals surface area contributed by atoms with Gasteiger partial charge in [0.2, 0.25) is 10.0 Å². The Morgan fingerprint density at radius 1 is 1.27 bits per heavy atom. The monoisotopic (exact) mass is 552 g/mol. The molecule has 0 saturated carbocycles. The summed E-state index contributed by atoms with van der Waals surface area (Å²) in [7, 11) is -3.36. The molecule has 6 nitrogen and oxygen atoms in total. The quantitative estimate of drug-likeness (QED) is 0.308. The largest absolute Gasteiger partial charge is 0.469 e. The van der Waals surface area contributed by atoms with Crippen molar-refractivity contribution in [2.75, 3.05) is 13.7 Å². The number of esters is 1. The zero-order chi connectivity index (χ0) is 24.6. The van der Waals surface area contributed by atoms with Crippen LogP contribution in [0.15, 0.2) is 45.9 Å². The topological polar surface area (TPSA) is 76.6 Å². The van der Waals surface area contributed by atoms with Gasteiger partial charge in [0.05, 0.1) is 28.7 Å². The van der Waals surface area contributed by atoms with Crippen LogP contribution >= 0.6 is 15.9 Å². The molecule has 1 aliphatic heterocycles. The Bertz CT molecular complexity index is 1160. The number of nitrogens with zero attached hydrogens (tertiary/aromatic N) is 2. The van der Waals surface area contributed by atoms with Crippen LogP contribution in [0.25, 0.3) is 0 Å². The van der Waals surface area contributed by atoms with Gasteiger partial charge in [-0.25, -0.2) is 17.8 Å². The molecule has 0 spiro atoms. The first-order valence-corrected chi connectivity index (χ1v) is 12.1. The molecule has 0 bridgehead atoms. The lowest BCUT2D eigenvalue weighted by Gasteiger charge is -2.43. The molecule has 0 unspecified atom stereocenters. The molecule has 12 heteroatoms. The Labute approximate surface area is 197 Å². The smallest absolute Gasteiger partial charge is 0.417 e. The molecule has 0 amide bonds. The Hall–Kier alpha value is -2.05. The number of hydrogen-bond donors (Lipinski definition) is 0. The van der Waals surface area contributed by atoms with Crippen LogP contribution in [-0.4, -0.2) is 43.4 Å². The standard InChI is InChI=1S/C21H21BrF4N2O4S/c1-13-11-20(19(29)32-2,12-16-15(23)7-8-18(22)27-16)9-10-28(13)33(30,31)17-6-4-3-5-14(17)21(24,25)26/h3-8,13H,9-12H2,1-2H3/t13-,20-/m1/s1. The Balaban J connectivity index is 1.96. The van der Waals surface area contributed by atoms with Gasteiger partial charge in [0.15, 0.2) is 0 Å². The summed E-state index contributed by atoms with van der Waals surface area (Å²) in [5.74, 6) is -1.30. The maximum Gasteiger partial charge on any atom is 0.417 e. The average molecular weight is 553 g/mol. The molecule has 1 fully saturated rings. The van der Waals surface area contributed by atoms with Crippen LogP contribution in [0.5, 0.6) is 0 Å². The number of halogens is 5. The molecule has 1 saturated heterocycles. The van der Waals surface area contributed by atoms with Crippen molar-refractivity contribution in [2.45, 2.75) is 43.3 Å². The molecule has 1 aromatic carbocycles. The minimum absolute atomic E-state index is 0.000647. The molecule has 2 aromatic rings. The van der Waals surface area contributed by atoms with Gasteiger partial charge in [0.25, 0.3) is 0 Å². The molecule has 180 valence electrons. The van der Waals surface area contributed by atoms with Gasteiger partial charge in [0.1, 0.15) is 10.4 Å². The molecule has 1 aliphatic rings. The summed E-state index contributed by atoms with van der Waals surface area (Å²) in [4.78, 5) is 16.0. The zero-order valence-corrected chi connectivity index (χ0v) is 20.1. The third kappa shape index (κ3) is 5.07. The second-order valence-electron chi connectivity index (χ2n) is 7.92. The van der Waals surface area contributed by atoms with Crippen LogP contribution in [0, 0.1) is 11.2 Å². The number of alkyl halides is 3. The van der Waals surface area contributed by atoms with Crippen LogP contribution in [0.1, 0.15) is 31.0 Å². The highest BCUT2D eigenvalue weighted by Crippen LogP contribution is 2.43. The highest BCUT2D eigenvalue weighted by Gasteiger charge is 2.49. The number of carbonyl (C=O) groups excluding carboxylic acids is 1. The predicted molar refractivity (Wildman–Crippen MR) is 114 cm³/mol. The van der Waals surface area contributed by atoms with Crippen molar-refractivity contribution in [3.63, 3.8) is 0 Å². The van der Waals surface area contributed by atoms with Crippen LogP contribution in [0.3, 0.4) is 0 Å². The number of hydrogen-bond acceptors (Lipinski definition) is 5. The van der Waals surface area contributed by atoms with E-state index in [-0.39, 0.29) is 31.5 Å². The summed E-state index contributed by atoms with van der Waals surface area (Å²) in [6.45, 7) is 1.25. The minimum atomic E-state index is -4.86. The van der Waals surface area contributed by atoms with Gasteiger partial charge in [-0.15, -0.1) is 0 Å². The summed E-state index contributed by atoms with van der Waals surface area (Å²) in [6.07, 6.45) is -5.17. The van der Waals surface area contributed by atoms with Gasteiger partial charge >= 0.3 is 12.1 Å². The number of piperidine rings is 1. The molecular formula is C21H21BrF4N2O4S. The number of pyridine rings is 1. The van der Waals surface area contributed by atoms with E-state index in [2.05, 4.69) is 20.9 Å². The van der Waals surface area contributed by atoms with Gasteiger partial charge in [-0.3, -0.25) is 4.79 Å². The number of carbonyl (C=O) groups is 1. The molecule has 0 radical (unpaired) electrons. The van der Waals surface area contributed by atoms with Crippen molar-refractivity contribution >= 4 is 31.9 Å². The summed E-state index contributed by atoms with van der Waals surface area (Å²) >= 11 is 3.16. The van der Waals surface area contributed by atoms with Gasteiger partial charge in [0, 0.05) is 19.0 Å². The van der Waals surface area contributed by atoms with Gasteiger partial charge in [-0.1, -0.05) is 12.1 Å². The van der Waals surface area contributed by atoms with E-state index in [1.807, 2.05) is 0 Å². The number of benzene rings is 1. The molecule has 3 rings (SSSR count). The highest BCUT2D eigenvalue weighted by atomic mass is 79.9. The van der Waals surface area contributed by atoms with Crippen molar-refractivity contribution < 1.29 is 35.5 Å². The average Bonchev–Trinajstić information content (AvgIpc) is 2.75. The molecule has 33 heavy (non-hydrogen) atoms. The first-order chi connectivity index (χ1) is 15.3. The van der Waals surface area contributed by atoms with E-state index in [9.17, 15) is 30.8 Å². The second kappa shape index (κ2) is 9.30. The van der Waals surface area contributed by atoms with E-state index in [1.54, 1.807) is 0 Å². The zero-order valence-electron chi connectivity index (χ0n) is 17.7. The Morgan fingerprint density at radius 2 is 1.94 bits per heavy atom. The van der Waals surface area contributed by atoms with Crippen LogP contribution in [0.4, 0.5) is 17.6 Å². The maximum absolute atomic E-state index is 14.4. The van der Waals surface area contributed by atoms with E-state index >= 15 is 0 Å². The van der Waals surface area contributed by atoms with Crippen LogP contribution < -0.4 is 0 Å². The van der Waals surface area contributed by atoms with E-state index in [1.165, 1.54) is 32.2 Å². The van der Waals surface area contributed by atoms with E-state index in [4.69, 9.17) is 4.74 Å². The number of ether oxygens (including phenoxy) is 1. The SMILES string of the molecule is COC(=O)[C@]1(Cc2nc(Br)ccc2F)CCN(S(=O)(=O)c2ccccc2C(F)(F)F)[C@H](C)C1. The fraction of sp³-hybridized carbons (Fsp3) is 0.429. The third-order valence-electron chi connectivity index (χ3n) is 5.78. The fourth-order valence-electron chi connectivity index (χ4n) is 4.26. The Morgan fingerprint density at radius 3 is 2.55 bits per heavy atom. The summed E-state index contributed by atoms with van der Waals surface area (Å²) < 4.78 is 87.3. The third-order valence-corrected chi connectivity index (χ3v) is 8.29. The number of sulfonamides is 1. The lowest BCUT2D eigenvalue weighted by atomic mass is 9.73. The van der Waals surface area contributed by atoms with Crippen molar-refractivity contribution in [1.29, 1.82) is 0 Å². The summed E-state index contributed by atoms with van der Waals surface area (Å²) in [5.41, 5.74) is -2.55. The molecule has 1 aromatic heterocycles. The molecule has 0 N–H and O–H groups in total. The maximum atomic E-state index is 14.4. The number of aromatic nitrogens is 1. The van der Waals surface area contributed by atoms with Crippen LogP contribution in [-0.2, 0) is 32.2 Å². The molecule has 2 heterocycles. The molecule has 0 aliphatic carbocycles. The van der Waals surface area contributed by atoms with Crippen molar-refractivity contribution in [3.05, 3.63) is 58.1 Å². The minimum Gasteiger partial charge on any atom is -0.469 e. The first kappa shape index (κ1) is 25.6. The number of rotatable bonds is 5. The van der Waals surface area contributed by atoms with Gasteiger partial charge in [-0.2, -0.15) is 17.5 Å². The second-order valence-corrected chi connectivity index (χ2v) is 10.6. The molecular weight excluding hydrogens is 532 g/mol. The van der Waals surface area contributed by atoms with Crippen molar-refractivity contribution in [3.8, 4) is 0 Å².